The molecule has 2 aromatic carbocycles. The zero-order chi connectivity index (χ0) is 21.2. The Bertz CT molecular complexity index is 1090. The van der Waals surface area contributed by atoms with E-state index in [0.717, 1.165) is 11.6 Å². The summed E-state index contributed by atoms with van der Waals surface area (Å²) in [6, 6.07) is 13.6. The lowest BCUT2D eigenvalue weighted by molar-refractivity contribution is -0.141. The summed E-state index contributed by atoms with van der Waals surface area (Å²) in [5, 5.41) is 3.72. The topological polar surface area (TPSA) is 64.0 Å². The molecule has 154 valence electrons. The lowest BCUT2D eigenvalue weighted by Crippen LogP contribution is -2.24. The van der Waals surface area contributed by atoms with Gasteiger partial charge in [-0.25, -0.2) is 17.8 Å². The highest BCUT2D eigenvalue weighted by molar-refractivity contribution is 7.89. The molecule has 5 nitrogen and oxygen atoms in total. The fourth-order valence-electron chi connectivity index (χ4n) is 2.73. The van der Waals surface area contributed by atoms with Gasteiger partial charge in [0.1, 0.15) is 0 Å². The monoisotopic (exact) mass is 423 g/mol. The summed E-state index contributed by atoms with van der Waals surface area (Å²) in [7, 11) is -3.67. The van der Waals surface area contributed by atoms with Gasteiger partial charge in [0.2, 0.25) is 10.0 Å². The zero-order valence-electron chi connectivity index (χ0n) is 15.9. The third kappa shape index (κ3) is 4.68. The number of aryl methyl sites for hydroxylation is 1. The number of nitrogens with one attached hydrogen (secondary N) is 1. The number of alkyl halides is 3. The van der Waals surface area contributed by atoms with Gasteiger partial charge in [0.15, 0.2) is 5.69 Å². The van der Waals surface area contributed by atoms with Crippen molar-refractivity contribution in [3.05, 3.63) is 65.9 Å². The molecule has 0 saturated heterocycles. The lowest BCUT2D eigenvalue weighted by Gasteiger charge is -2.10. The highest BCUT2D eigenvalue weighted by atomic mass is 32.2. The first-order valence-corrected chi connectivity index (χ1v) is 10.4. The minimum atomic E-state index is -4.60. The van der Waals surface area contributed by atoms with E-state index in [9.17, 15) is 21.6 Å². The predicted molar refractivity (Wildman–Crippen MR) is 104 cm³/mol. The van der Waals surface area contributed by atoms with Crippen molar-refractivity contribution in [1.82, 2.24) is 14.5 Å². The molecule has 0 aliphatic carbocycles. The van der Waals surface area contributed by atoms with Gasteiger partial charge in [-0.15, -0.1) is 0 Å². The van der Waals surface area contributed by atoms with Crippen LogP contribution < -0.4 is 4.72 Å². The third-order valence-electron chi connectivity index (χ3n) is 4.28. The molecule has 3 aromatic rings. The molecule has 0 saturated carbocycles. The second-order valence-corrected chi connectivity index (χ2v) is 8.35. The van der Waals surface area contributed by atoms with Crippen molar-refractivity contribution in [2.75, 3.05) is 6.54 Å². The Hall–Kier alpha value is -2.65. The first kappa shape index (κ1) is 21.1. The molecule has 1 heterocycles. The van der Waals surface area contributed by atoms with E-state index < -0.39 is 21.9 Å². The van der Waals surface area contributed by atoms with Crippen molar-refractivity contribution in [2.24, 2.45) is 0 Å². The quantitative estimate of drug-likeness (QED) is 0.632. The van der Waals surface area contributed by atoms with Gasteiger partial charge in [-0.05, 0) is 43.7 Å². The average molecular weight is 423 g/mol. The summed E-state index contributed by atoms with van der Waals surface area (Å²) in [5.41, 5.74) is 1.11. The van der Waals surface area contributed by atoms with E-state index in [1.165, 1.54) is 28.9 Å². The first-order chi connectivity index (χ1) is 13.6. The van der Waals surface area contributed by atoms with Crippen LogP contribution in [0.25, 0.3) is 16.9 Å². The van der Waals surface area contributed by atoms with Crippen LogP contribution in [0.3, 0.4) is 0 Å². The van der Waals surface area contributed by atoms with Crippen molar-refractivity contribution < 1.29 is 21.6 Å². The number of sulfonamides is 1. The fraction of sp³-hybridized carbons (Fsp3) is 0.250. The number of benzene rings is 2. The molecular weight excluding hydrogens is 403 g/mol. The standard InChI is InChI=1S/C20H20F3N3O2S/c1-3-12-24-29(27,28)17-10-8-16(9-11-17)26-18(13-19(25-26)20(21,22)23)15-6-4-14(2)5-7-15/h4-11,13,24H,3,12H2,1-2H3. The van der Waals surface area contributed by atoms with Crippen LogP contribution in [0, 0.1) is 6.92 Å². The number of rotatable bonds is 6. The van der Waals surface area contributed by atoms with Crippen molar-refractivity contribution in [3.8, 4) is 16.9 Å². The minimum Gasteiger partial charge on any atom is -0.233 e. The molecule has 3 rings (SSSR count). The maximum Gasteiger partial charge on any atom is 0.435 e. The predicted octanol–water partition coefficient (Wildman–Crippen LogP) is 4.55. The molecular formula is C20H20F3N3O2S. The van der Waals surface area contributed by atoms with Gasteiger partial charge in [-0.1, -0.05) is 36.8 Å². The Morgan fingerprint density at radius 2 is 1.66 bits per heavy atom. The van der Waals surface area contributed by atoms with Crippen LogP contribution in [-0.4, -0.2) is 24.7 Å². The minimum absolute atomic E-state index is 0.0368. The van der Waals surface area contributed by atoms with Gasteiger partial charge in [-0.2, -0.15) is 18.3 Å². The Morgan fingerprint density at radius 1 is 1.03 bits per heavy atom. The third-order valence-corrected chi connectivity index (χ3v) is 5.76. The molecule has 9 heteroatoms. The van der Waals surface area contributed by atoms with Gasteiger partial charge < -0.3 is 0 Å². The smallest absolute Gasteiger partial charge is 0.233 e. The maximum absolute atomic E-state index is 13.3. The largest absolute Gasteiger partial charge is 0.435 e. The molecule has 29 heavy (non-hydrogen) atoms. The number of halogens is 3. The van der Waals surface area contributed by atoms with Gasteiger partial charge >= 0.3 is 6.18 Å². The Balaban J connectivity index is 2.05. The maximum atomic E-state index is 13.3. The first-order valence-electron chi connectivity index (χ1n) is 8.96. The normalized spacial score (nSPS) is 12.3. The summed E-state index contributed by atoms with van der Waals surface area (Å²) in [6.07, 6.45) is -3.96. The van der Waals surface area contributed by atoms with Gasteiger partial charge in [0.25, 0.3) is 0 Å². The van der Waals surface area contributed by atoms with Crippen LogP contribution >= 0.6 is 0 Å². The number of aromatic nitrogens is 2. The molecule has 0 bridgehead atoms. The van der Waals surface area contributed by atoms with Crippen molar-refractivity contribution >= 4 is 10.0 Å². The molecule has 0 fully saturated rings. The van der Waals surface area contributed by atoms with Crippen LogP contribution in [0.5, 0.6) is 0 Å². The second-order valence-electron chi connectivity index (χ2n) is 6.58. The average Bonchev–Trinajstić information content (AvgIpc) is 3.13. The van der Waals surface area contributed by atoms with Gasteiger partial charge in [-0.3, -0.25) is 0 Å². The molecule has 1 N–H and O–H groups in total. The Morgan fingerprint density at radius 3 is 2.21 bits per heavy atom. The molecule has 0 aliphatic heterocycles. The summed E-state index contributed by atoms with van der Waals surface area (Å²) in [6.45, 7) is 4.03. The number of nitrogens with zero attached hydrogens (tertiary/aromatic N) is 2. The van der Waals surface area contributed by atoms with E-state index in [1.54, 1.807) is 24.3 Å². The molecule has 0 spiro atoms. The van der Waals surface area contributed by atoms with E-state index in [-0.39, 0.29) is 10.6 Å². The van der Waals surface area contributed by atoms with E-state index >= 15 is 0 Å². The fourth-order valence-corrected chi connectivity index (χ4v) is 3.87. The zero-order valence-corrected chi connectivity index (χ0v) is 16.7. The molecule has 0 unspecified atom stereocenters. The van der Waals surface area contributed by atoms with E-state index in [1.807, 2.05) is 13.8 Å². The van der Waals surface area contributed by atoms with Crippen molar-refractivity contribution in [2.45, 2.75) is 31.3 Å². The van der Waals surface area contributed by atoms with E-state index in [0.29, 0.717) is 24.2 Å². The van der Waals surface area contributed by atoms with Crippen molar-refractivity contribution in [1.29, 1.82) is 0 Å². The molecule has 1 aromatic heterocycles. The molecule has 0 atom stereocenters. The van der Waals surface area contributed by atoms with Gasteiger partial charge in [0, 0.05) is 12.1 Å². The van der Waals surface area contributed by atoms with Crippen LogP contribution in [0.15, 0.2) is 59.5 Å². The SMILES string of the molecule is CCCNS(=O)(=O)c1ccc(-n2nc(C(F)(F)F)cc2-c2ccc(C)cc2)cc1. The van der Waals surface area contributed by atoms with E-state index in [2.05, 4.69) is 9.82 Å². The number of hydrogen-bond donors (Lipinski definition) is 1. The molecule has 0 aliphatic rings. The Kier molecular flexibility index (Phi) is 5.81. The number of hydrogen-bond acceptors (Lipinski definition) is 3. The molecule has 0 amide bonds. The van der Waals surface area contributed by atoms with Crippen LogP contribution in [0.2, 0.25) is 0 Å². The van der Waals surface area contributed by atoms with Crippen LogP contribution in [-0.2, 0) is 16.2 Å². The van der Waals surface area contributed by atoms with Crippen LogP contribution in [0.4, 0.5) is 13.2 Å². The van der Waals surface area contributed by atoms with Gasteiger partial charge in [0.05, 0.1) is 16.3 Å². The van der Waals surface area contributed by atoms with Crippen LogP contribution in [0.1, 0.15) is 24.6 Å². The summed E-state index contributed by atoms with van der Waals surface area (Å²) in [4.78, 5) is 0.0368. The highest BCUT2D eigenvalue weighted by Gasteiger charge is 2.35. The summed E-state index contributed by atoms with van der Waals surface area (Å²) >= 11 is 0. The second kappa shape index (κ2) is 8.00. The van der Waals surface area contributed by atoms with E-state index in [4.69, 9.17) is 0 Å². The summed E-state index contributed by atoms with van der Waals surface area (Å²) < 4.78 is 67.8. The highest BCUT2D eigenvalue weighted by Crippen LogP contribution is 2.33. The Labute approximate surface area is 167 Å². The van der Waals surface area contributed by atoms with Crippen molar-refractivity contribution in [3.63, 3.8) is 0 Å². The summed E-state index contributed by atoms with van der Waals surface area (Å²) in [5.74, 6) is 0. The lowest BCUT2D eigenvalue weighted by atomic mass is 10.1. The molecule has 0 radical (unpaired) electrons.